The second-order valence-electron chi connectivity index (χ2n) is 3.94. The molecular weight excluding hydrogens is 174 g/mol. The molecule has 1 saturated heterocycles. The molecule has 0 saturated carbocycles. The largest absolute Gasteiger partial charge is 0.365 e. The van der Waals surface area contributed by atoms with Crippen molar-refractivity contribution in [2.75, 3.05) is 6.61 Å². The van der Waals surface area contributed by atoms with Crippen molar-refractivity contribution in [2.45, 2.75) is 12.5 Å². The van der Waals surface area contributed by atoms with E-state index in [4.69, 9.17) is 4.74 Å². The summed E-state index contributed by atoms with van der Waals surface area (Å²) in [7, 11) is 0. The molecule has 2 aromatic rings. The lowest BCUT2D eigenvalue weighted by Crippen LogP contribution is -2.02. The first-order valence-electron chi connectivity index (χ1n) is 4.77. The van der Waals surface area contributed by atoms with Crippen molar-refractivity contribution in [1.82, 2.24) is 4.98 Å². The van der Waals surface area contributed by atoms with Gasteiger partial charge >= 0.3 is 0 Å². The van der Waals surface area contributed by atoms with Gasteiger partial charge in [-0.2, -0.15) is 0 Å². The highest BCUT2D eigenvalue weighted by Crippen LogP contribution is 2.38. The molecule has 1 unspecified atom stereocenters. The van der Waals surface area contributed by atoms with Crippen molar-refractivity contribution in [3.63, 3.8) is 0 Å². The standard InChI is InChI=1S/C12H11NO/c1-12(8-14-12)10-6-9-4-2-3-5-11(9)13-7-10/h2-7H,8H2,1H3. The van der Waals surface area contributed by atoms with Gasteiger partial charge in [0.2, 0.25) is 0 Å². The molecule has 0 N–H and O–H groups in total. The number of pyridine rings is 1. The van der Waals surface area contributed by atoms with Gasteiger partial charge in [0.05, 0.1) is 12.1 Å². The zero-order valence-corrected chi connectivity index (χ0v) is 8.03. The topological polar surface area (TPSA) is 25.4 Å². The van der Waals surface area contributed by atoms with Gasteiger partial charge in [-0.3, -0.25) is 4.98 Å². The van der Waals surface area contributed by atoms with Gasteiger partial charge in [-0.15, -0.1) is 0 Å². The molecule has 70 valence electrons. The van der Waals surface area contributed by atoms with E-state index in [2.05, 4.69) is 24.0 Å². The van der Waals surface area contributed by atoms with Crippen molar-refractivity contribution < 1.29 is 4.74 Å². The van der Waals surface area contributed by atoms with E-state index in [0.717, 1.165) is 12.1 Å². The normalized spacial score (nSPS) is 25.2. The van der Waals surface area contributed by atoms with Crippen LogP contribution in [0.3, 0.4) is 0 Å². The summed E-state index contributed by atoms with van der Waals surface area (Å²) in [6.45, 7) is 2.91. The molecule has 2 nitrogen and oxygen atoms in total. The van der Waals surface area contributed by atoms with Crippen LogP contribution in [0, 0.1) is 0 Å². The Kier molecular flexibility index (Phi) is 1.45. The van der Waals surface area contributed by atoms with Crippen LogP contribution in [-0.4, -0.2) is 11.6 Å². The zero-order valence-electron chi connectivity index (χ0n) is 8.03. The van der Waals surface area contributed by atoms with Crippen LogP contribution in [0.4, 0.5) is 0 Å². The van der Waals surface area contributed by atoms with E-state index in [1.54, 1.807) is 0 Å². The molecule has 2 heterocycles. The van der Waals surface area contributed by atoms with Crippen molar-refractivity contribution in [3.8, 4) is 0 Å². The third kappa shape index (κ3) is 1.11. The van der Waals surface area contributed by atoms with Crippen LogP contribution in [0.5, 0.6) is 0 Å². The summed E-state index contributed by atoms with van der Waals surface area (Å²) in [6, 6.07) is 10.3. The van der Waals surface area contributed by atoms with Gasteiger partial charge in [0.25, 0.3) is 0 Å². The average Bonchev–Trinajstić information content (AvgIpc) is 2.97. The molecule has 3 rings (SSSR count). The summed E-state index contributed by atoms with van der Waals surface area (Å²) in [5, 5.41) is 1.18. The Morgan fingerprint density at radius 1 is 1.36 bits per heavy atom. The van der Waals surface area contributed by atoms with Gasteiger partial charge < -0.3 is 4.74 Å². The molecule has 0 spiro atoms. The number of ether oxygens (including phenoxy) is 1. The molecule has 1 aliphatic heterocycles. The number of fused-ring (bicyclic) bond motifs is 1. The van der Waals surface area contributed by atoms with Gasteiger partial charge in [0.15, 0.2) is 0 Å². The summed E-state index contributed by atoms with van der Waals surface area (Å²) in [6.07, 6.45) is 1.91. The summed E-state index contributed by atoms with van der Waals surface area (Å²) < 4.78 is 5.39. The number of epoxide rings is 1. The quantitative estimate of drug-likeness (QED) is 0.638. The van der Waals surface area contributed by atoms with Crippen LogP contribution in [0.2, 0.25) is 0 Å². The van der Waals surface area contributed by atoms with Gasteiger partial charge in [0, 0.05) is 17.1 Å². The Morgan fingerprint density at radius 2 is 2.14 bits per heavy atom. The highest BCUT2D eigenvalue weighted by molar-refractivity contribution is 5.79. The minimum atomic E-state index is -0.0724. The van der Waals surface area contributed by atoms with Gasteiger partial charge in [-0.1, -0.05) is 18.2 Å². The smallest absolute Gasteiger partial charge is 0.115 e. The van der Waals surface area contributed by atoms with E-state index in [1.807, 2.05) is 24.4 Å². The minimum absolute atomic E-state index is 0.0724. The van der Waals surface area contributed by atoms with Crippen LogP contribution < -0.4 is 0 Å². The Bertz CT molecular complexity index is 488. The Morgan fingerprint density at radius 3 is 2.93 bits per heavy atom. The molecule has 1 fully saturated rings. The number of hydrogen-bond acceptors (Lipinski definition) is 2. The summed E-state index contributed by atoms with van der Waals surface area (Å²) >= 11 is 0. The number of rotatable bonds is 1. The van der Waals surface area contributed by atoms with Gasteiger partial charge in [-0.25, -0.2) is 0 Å². The lowest BCUT2D eigenvalue weighted by Gasteiger charge is -2.05. The maximum atomic E-state index is 5.39. The van der Waals surface area contributed by atoms with Crippen molar-refractivity contribution in [3.05, 3.63) is 42.1 Å². The summed E-state index contributed by atoms with van der Waals surface area (Å²) in [5.41, 5.74) is 2.15. The predicted octanol–water partition coefficient (Wildman–Crippen LogP) is 2.48. The van der Waals surface area contributed by atoms with Crippen LogP contribution in [-0.2, 0) is 10.3 Å². The zero-order chi connectivity index (χ0) is 9.60. The summed E-state index contributed by atoms with van der Waals surface area (Å²) in [5.74, 6) is 0. The molecule has 0 radical (unpaired) electrons. The van der Waals surface area contributed by atoms with Crippen molar-refractivity contribution in [1.29, 1.82) is 0 Å². The maximum Gasteiger partial charge on any atom is 0.115 e. The fourth-order valence-corrected chi connectivity index (χ4v) is 1.64. The monoisotopic (exact) mass is 185 g/mol. The molecule has 0 amide bonds. The maximum absolute atomic E-state index is 5.39. The third-order valence-corrected chi connectivity index (χ3v) is 2.78. The predicted molar refractivity (Wildman–Crippen MR) is 55.0 cm³/mol. The Hall–Kier alpha value is -1.41. The molecular formula is C12H11NO. The minimum Gasteiger partial charge on any atom is -0.365 e. The Labute approximate surface area is 82.5 Å². The van der Waals surface area contributed by atoms with E-state index in [-0.39, 0.29) is 5.60 Å². The summed E-state index contributed by atoms with van der Waals surface area (Å²) in [4.78, 5) is 4.41. The first-order valence-corrected chi connectivity index (χ1v) is 4.77. The number of benzene rings is 1. The lowest BCUT2D eigenvalue weighted by molar-refractivity contribution is 0.329. The fourth-order valence-electron chi connectivity index (χ4n) is 1.64. The Balaban J connectivity index is 2.20. The van der Waals surface area contributed by atoms with E-state index >= 15 is 0 Å². The fraction of sp³-hybridized carbons (Fsp3) is 0.250. The van der Waals surface area contributed by atoms with Gasteiger partial charge in [0.1, 0.15) is 5.60 Å². The van der Waals surface area contributed by atoms with Crippen LogP contribution >= 0.6 is 0 Å². The molecule has 1 aromatic carbocycles. The van der Waals surface area contributed by atoms with Crippen molar-refractivity contribution in [2.24, 2.45) is 0 Å². The van der Waals surface area contributed by atoms with Gasteiger partial charge in [-0.05, 0) is 19.1 Å². The van der Waals surface area contributed by atoms with Crippen LogP contribution in [0.1, 0.15) is 12.5 Å². The van der Waals surface area contributed by atoms with E-state index < -0.39 is 0 Å². The molecule has 0 aliphatic carbocycles. The van der Waals surface area contributed by atoms with Crippen molar-refractivity contribution >= 4 is 10.9 Å². The van der Waals surface area contributed by atoms with E-state index in [9.17, 15) is 0 Å². The number of nitrogens with zero attached hydrogens (tertiary/aromatic N) is 1. The first-order chi connectivity index (χ1) is 6.78. The molecule has 1 aliphatic rings. The number of para-hydroxylation sites is 1. The molecule has 0 bridgehead atoms. The average molecular weight is 185 g/mol. The number of aromatic nitrogens is 1. The van der Waals surface area contributed by atoms with E-state index in [0.29, 0.717) is 0 Å². The number of hydrogen-bond donors (Lipinski definition) is 0. The SMILES string of the molecule is CC1(c2cnc3ccccc3c2)CO1. The molecule has 2 heteroatoms. The lowest BCUT2D eigenvalue weighted by atomic mass is 10.0. The van der Waals surface area contributed by atoms with Crippen LogP contribution in [0.15, 0.2) is 36.5 Å². The molecule has 14 heavy (non-hydrogen) atoms. The van der Waals surface area contributed by atoms with E-state index in [1.165, 1.54) is 10.9 Å². The first kappa shape index (κ1) is 7.94. The highest BCUT2D eigenvalue weighted by Gasteiger charge is 2.41. The third-order valence-electron chi connectivity index (χ3n) is 2.78. The molecule has 1 atom stereocenters. The second-order valence-corrected chi connectivity index (χ2v) is 3.94. The highest BCUT2D eigenvalue weighted by atomic mass is 16.6. The second kappa shape index (κ2) is 2.55. The van der Waals surface area contributed by atoms with Crippen LogP contribution in [0.25, 0.3) is 10.9 Å². The molecule has 1 aromatic heterocycles.